The van der Waals surface area contributed by atoms with Crippen LogP contribution in [0.25, 0.3) is 0 Å². The minimum atomic E-state index is -4.00. The Bertz CT molecular complexity index is 1150. The van der Waals surface area contributed by atoms with Crippen LogP contribution < -0.4 is 0 Å². The number of amides is 1. The molecule has 1 atom stereocenters. The van der Waals surface area contributed by atoms with Crippen LogP contribution in [0, 0.1) is 5.82 Å². The molecular formula is C21H24FNO5S2. The Morgan fingerprint density at radius 1 is 1.17 bits per heavy atom. The first-order chi connectivity index (χ1) is 14.0. The topological polar surface area (TPSA) is 88.6 Å². The number of benzene rings is 2. The van der Waals surface area contributed by atoms with Crippen molar-refractivity contribution in [2.45, 2.75) is 43.0 Å². The van der Waals surface area contributed by atoms with Crippen molar-refractivity contribution in [3.05, 3.63) is 65.5 Å². The Morgan fingerprint density at radius 2 is 1.83 bits per heavy atom. The summed E-state index contributed by atoms with van der Waals surface area (Å²) < 4.78 is 63.7. The van der Waals surface area contributed by atoms with Gasteiger partial charge in [-0.15, -0.1) is 0 Å². The third-order valence-corrected chi connectivity index (χ3v) is 9.38. The van der Waals surface area contributed by atoms with Gasteiger partial charge in [0, 0.05) is 12.6 Å². The van der Waals surface area contributed by atoms with Crippen LogP contribution in [0.2, 0.25) is 0 Å². The van der Waals surface area contributed by atoms with Crippen molar-refractivity contribution in [2.24, 2.45) is 0 Å². The van der Waals surface area contributed by atoms with Gasteiger partial charge in [0.15, 0.2) is 19.7 Å². The summed E-state index contributed by atoms with van der Waals surface area (Å²) in [6.07, 6.45) is -0.00253. The summed E-state index contributed by atoms with van der Waals surface area (Å²) in [6, 6.07) is 12.0. The molecule has 30 heavy (non-hydrogen) atoms. The van der Waals surface area contributed by atoms with Crippen molar-refractivity contribution in [2.75, 3.05) is 11.5 Å². The Hall–Kier alpha value is -2.26. The zero-order valence-corrected chi connectivity index (χ0v) is 18.4. The maximum absolute atomic E-state index is 14.5. The lowest BCUT2D eigenvalue weighted by Crippen LogP contribution is -2.37. The first-order valence-corrected chi connectivity index (χ1v) is 13.0. The van der Waals surface area contributed by atoms with Crippen LogP contribution >= 0.6 is 0 Å². The number of rotatable bonds is 6. The molecular weight excluding hydrogens is 429 g/mol. The van der Waals surface area contributed by atoms with Gasteiger partial charge in [0.1, 0.15) is 5.82 Å². The third-order valence-electron chi connectivity index (χ3n) is 5.21. The van der Waals surface area contributed by atoms with Crippen molar-refractivity contribution in [1.29, 1.82) is 0 Å². The number of hydrogen-bond donors (Lipinski definition) is 0. The van der Waals surface area contributed by atoms with Crippen LogP contribution in [0.15, 0.2) is 53.4 Å². The molecule has 1 amide bonds. The molecule has 1 aliphatic rings. The lowest BCUT2D eigenvalue weighted by Gasteiger charge is -2.27. The smallest absolute Gasteiger partial charge is 0.257 e. The van der Waals surface area contributed by atoms with Crippen molar-refractivity contribution < 1.29 is 26.0 Å². The van der Waals surface area contributed by atoms with E-state index in [0.29, 0.717) is 0 Å². The summed E-state index contributed by atoms with van der Waals surface area (Å²) in [7, 11) is -7.41. The molecule has 0 spiro atoms. The van der Waals surface area contributed by atoms with Crippen LogP contribution in [-0.2, 0) is 26.2 Å². The van der Waals surface area contributed by atoms with E-state index in [9.17, 15) is 26.0 Å². The Kier molecular flexibility index (Phi) is 6.33. The molecule has 1 aliphatic heterocycles. The van der Waals surface area contributed by atoms with E-state index in [1.165, 1.54) is 4.90 Å². The fourth-order valence-corrected chi connectivity index (χ4v) is 7.85. The maximum Gasteiger partial charge on any atom is 0.257 e. The highest BCUT2D eigenvalue weighted by Crippen LogP contribution is 2.27. The lowest BCUT2D eigenvalue weighted by molar-refractivity contribution is 0.0685. The van der Waals surface area contributed by atoms with Crippen LogP contribution in [0.1, 0.15) is 36.2 Å². The van der Waals surface area contributed by atoms with Gasteiger partial charge in [-0.05, 0) is 44.0 Å². The van der Waals surface area contributed by atoms with E-state index in [1.807, 2.05) is 30.3 Å². The predicted octanol–water partition coefficient (Wildman–Crippen LogP) is 2.84. The SMILES string of the molecule is CC(C)N(Cc1ccccc1)C(=O)c1cc(S(=O)(=O)[C@H]2CCS(=O)(=O)C2)ccc1F. The quantitative estimate of drug-likeness (QED) is 0.628. The first kappa shape index (κ1) is 22.4. The van der Waals surface area contributed by atoms with E-state index in [-0.39, 0.29) is 35.2 Å². The second kappa shape index (κ2) is 8.47. The van der Waals surface area contributed by atoms with E-state index >= 15 is 0 Å². The van der Waals surface area contributed by atoms with Crippen LogP contribution in [0.3, 0.4) is 0 Å². The number of hydrogen-bond acceptors (Lipinski definition) is 5. The third kappa shape index (κ3) is 4.73. The summed E-state index contributed by atoms with van der Waals surface area (Å²) >= 11 is 0. The van der Waals surface area contributed by atoms with Gasteiger partial charge in [0.05, 0.1) is 27.2 Å². The van der Waals surface area contributed by atoms with Gasteiger partial charge in [0.25, 0.3) is 5.91 Å². The molecule has 9 heteroatoms. The summed E-state index contributed by atoms with van der Waals surface area (Å²) in [6.45, 7) is 3.83. The average Bonchev–Trinajstić information content (AvgIpc) is 3.07. The second-order valence-corrected chi connectivity index (χ2v) is 12.2. The molecule has 2 aromatic carbocycles. The molecule has 0 aliphatic carbocycles. The van der Waals surface area contributed by atoms with E-state index < -0.39 is 42.4 Å². The van der Waals surface area contributed by atoms with Crippen LogP contribution in [-0.4, -0.2) is 50.4 Å². The summed E-state index contributed by atoms with van der Waals surface area (Å²) in [4.78, 5) is 14.3. The Balaban J connectivity index is 1.94. The Labute approximate surface area is 176 Å². The van der Waals surface area contributed by atoms with E-state index in [2.05, 4.69) is 0 Å². The second-order valence-electron chi connectivity index (χ2n) is 7.72. The standard InChI is InChI=1S/C21H24FNO5S2/c1-15(2)23(13-16-6-4-3-5-7-16)21(24)19-12-17(8-9-20(19)22)30(27,28)18-10-11-29(25,26)14-18/h3-9,12,15,18H,10-11,13-14H2,1-2H3/t18-/m0/s1. The molecule has 0 aromatic heterocycles. The normalized spacial score (nSPS) is 18.5. The molecule has 0 bridgehead atoms. The summed E-state index contributed by atoms with van der Waals surface area (Å²) in [5, 5.41) is -1.08. The van der Waals surface area contributed by atoms with Crippen molar-refractivity contribution in [1.82, 2.24) is 4.90 Å². The highest BCUT2D eigenvalue weighted by molar-refractivity contribution is 7.96. The van der Waals surface area contributed by atoms with Crippen molar-refractivity contribution in [3.63, 3.8) is 0 Å². The van der Waals surface area contributed by atoms with E-state index in [0.717, 1.165) is 23.8 Å². The molecule has 1 fully saturated rings. The lowest BCUT2D eigenvalue weighted by atomic mass is 10.1. The molecule has 2 aromatic rings. The predicted molar refractivity (Wildman–Crippen MR) is 112 cm³/mol. The molecule has 0 N–H and O–H groups in total. The number of carbonyl (C=O) groups excluding carboxylic acids is 1. The molecule has 0 saturated carbocycles. The highest BCUT2D eigenvalue weighted by Gasteiger charge is 2.38. The zero-order valence-electron chi connectivity index (χ0n) is 16.8. The van der Waals surface area contributed by atoms with E-state index in [4.69, 9.17) is 0 Å². The minimum Gasteiger partial charge on any atom is -0.332 e. The monoisotopic (exact) mass is 453 g/mol. The Morgan fingerprint density at radius 3 is 2.40 bits per heavy atom. The van der Waals surface area contributed by atoms with Gasteiger partial charge in [-0.25, -0.2) is 21.2 Å². The molecule has 1 saturated heterocycles. The fraction of sp³-hybridized carbons (Fsp3) is 0.381. The molecule has 0 unspecified atom stereocenters. The fourth-order valence-electron chi connectivity index (χ4n) is 3.47. The number of nitrogens with zero attached hydrogens (tertiary/aromatic N) is 1. The number of sulfone groups is 2. The molecule has 0 radical (unpaired) electrons. The van der Waals surface area contributed by atoms with Crippen LogP contribution in [0.4, 0.5) is 4.39 Å². The van der Waals surface area contributed by atoms with Gasteiger partial charge < -0.3 is 4.90 Å². The number of halogens is 1. The summed E-state index contributed by atoms with van der Waals surface area (Å²) in [5.41, 5.74) is 0.515. The zero-order chi connectivity index (χ0) is 22.1. The van der Waals surface area contributed by atoms with Gasteiger partial charge in [-0.1, -0.05) is 30.3 Å². The minimum absolute atomic E-state index is 0.00253. The molecule has 6 nitrogen and oxygen atoms in total. The molecule has 3 rings (SSSR count). The van der Waals surface area contributed by atoms with Gasteiger partial charge in [-0.3, -0.25) is 4.79 Å². The highest BCUT2D eigenvalue weighted by atomic mass is 32.2. The van der Waals surface area contributed by atoms with Crippen molar-refractivity contribution in [3.8, 4) is 0 Å². The average molecular weight is 454 g/mol. The first-order valence-electron chi connectivity index (χ1n) is 9.60. The van der Waals surface area contributed by atoms with Gasteiger partial charge in [-0.2, -0.15) is 0 Å². The van der Waals surface area contributed by atoms with Gasteiger partial charge >= 0.3 is 0 Å². The largest absolute Gasteiger partial charge is 0.332 e. The van der Waals surface area contributed by atoms with Gasteiger partial charge in [0.2, 0.25) is 0 Å². The van der Waals surface area contributed by atoms with Crippen molar-refractivity contribution >= 4 is 25.6 Å². The maximum atomic E-state index is 14.5. The van der Waals surface area contributed by atoms with Crippen LogP contribution in [0.5, 0.6) is 0 Å². The molecule has 1 heterocycles. The summed E-state index contributed by atoms with van der Waals surface area (Å²) in [5.74, 6) is -2.09. The number of carbonyl (C=O) groups is 1. The molecule has 162 valence electrons. The van der Waals surface area contributed by atoms with E-state index in [1.54, 1.807) is 13.8 Å².